The van der Waals surface area contributed by atoms with E-state index in [2.05, 4.69) is 9.46 Å². The number of hydrogen-bond acceptors (Lipinski definition) is 4. The zero-order valence-corrected chi connectivity index (χ0v) is 14.8. The van der Waals surface area contributed by atoms with Crippen LogP contribution in [-0.2, 0) is 25.5 Å². The highest BCUT2D eigenvalue weighted by atomic mass is 32.2. The number of hydrogen-bond donors (Lipinski definition) is 0. The zero-order chi connectivity index (χ0) is 19.0. The number of likely N-dealkylation sites (tertiary alicyclic amines) is 1. The average Bonchev–Trinajstić information content (AvgIpc) is 3.12. The van der Waals surface area contributed by atoms with E-state index in [0.717, 1.165) is 16.9 Å². The lowest BCUT2D eigenvalue weighted by atomic mass is 10.2. The fourth-order valence-electron chi connectivity index (χ4n) is 2.62. The second kappa shape index (κ2) is 6.77. The molecule has 1 unspecified atom stereocenters. The van der Waals surface area contributed by atoms with Crippen molar-refractivity contribution in [1.82, 2.24) is 14.7 Å². The maximum Gasteiger partial charge on any atom is 0.435 e. The summed E-state index contributed by atoms with van der Waals surface area (Å²) in [4.78, 5) is 26.0. The van der Waals surface area contributed by atoms with Crippen LogP contribution in [0, 0.1) is 0 Å². The van der Waals surface area contributed by atoms with Gasteiger partial charge in [0.1, 0.15) is 12.1 Å². The molecule has 0 aliphatic carbocycles. The highest BCUT2D eigenvalue weighted by Crippen LogP contribution is 2.28. The molecule has 1 aromatic heterocycles. The first-order valence-corrected chi connectivity index (χ1v) is 9.87. The Morgan fingerprint density at radius 3 is 2.56 bits per heavy atom. The summed E-state index contributed by atoms with van der Waals surface area (Å²) in [5, 5.41) is 3.39. The summed E-state index contributed by atoms with van der Waals surface area (Å²) in [5.74, 6) is -1.17. The number of alkyl halides is 3. The lowest BCUT2D eigenvalue weighted by Gasteiger charge is -2.25. The van der Waals surface area contributed by atoms with Crippen LogP contribution in [0.3, 0.4) is 0 Å². The fourth-order valence-corrected chi connectivity index (χ4v) is 3.18. The molecule has 2 rings (SSSR count). The van der Waals surface area contributed by atoms with Gasteiger partial charge in [0.25, 0.3) is 5.91 Å². The minimum Gasteiger partial charge on any atom is -0.329 e. The molecule has 1 fully saturated rings. The van der Waals surface area contributed by atoms with Crippen molar-refractivity contribution >= 4 is 21.5 Å². The van der Waals surface area contributed by atoms with Crippen LogP contribution in [-0.4, -0.2) is 55.8 Å². The first-order valence-electron chi connectivity index (χ1n) is 7.54. The Morgan fingerprint density at radius 2 is 2.04 bits per heavy atom. The standard InChI is InChI=1S/C14H19F3N4O3S/c1-9(21-8-6-11(18-21)14(15,16)17)13(23)20-7-4-5-10(20)12(22)19-25(2,3)24/h6,8-10H,4-5,7H2,1-3H3/t9?,10-/m0/s1. The van der Waals surface area contributed by atoms with Crippen molar-refractivity contribution in [2.75, 3.05) is 19.1 Å². The molecule has 1 aromatic rings. The molecule has 2 amide bonds. The number of rotatable bonds is 3. The van der Waals surface area contributed by atoms with Gasteiger partial charge in [0, 0.05) is 35.0 Å². The topological polar surface area (TPSA) is 84.6 Å². The van der Waals surface area contributed by atoms with Gasteiger partial charge < -0.3 is 4.90 Å². The van der Waals surface area contributed by atoms with Crippen molar-refractivity contribution in [1.29, 1.82) is 0 Å². The van der Waals surface area contributed by atoms with Gasteiger partial charge in [-0.1, -0.05) is 0 Å². The predicted octanol–water partition coefficient (Wildman–Crippen LogP) is 1.71. The molecule has 0 spiro atoms. The minimum absolute atomic E-state index is 0.289. The van der Waals surface area contributed by atoms with Crippen molar-refractivity contribution in [3.05, 3.63) is 18.0 Å². The molecule has 2 atom stereocenters. The third-order valence-electron chi connectivity index (χ3n) is 3.78. The van der Waals surface area contributed by atoms with Gasteiger partial charge in [-0.2, -0.15) is 22.6 Å². The van der Waals surface area contributed by atoms with Gasteiger partial charge in [-0.15, -0.1) is 0 Å². The zero-order valence-electron chi connectivity index (χ0n) is 14.0. The van der Waals surface area contributed by atoms with Crippen LogP contribution >= 0.6 is 0 Å². The van der Waals surface area contributed by atoms with E-state index in [0.29, 0.717) is 12.8 Å². The normalized spacial score (nSPS) is 19.8. The molecule has 1 aliphatic heterocycles. The largest absolute Gasteiger partial charge is 0.435 e. The molecule has 7 nitrogen and oxygen atoms in total. The van der Waals surface area contributed by atoms with E-state index in [1.54, 1.807) is 0 Å². The second-order valence-electron chi connectivity index (χ2n) is 6.16. The predicted molar refractivity (Wildman–Crippen MR) is 84.1 cm³/mol. The first-order chi connectivity index (χ1) is 11.4. The highest BCUT2D eigenvalue weighted by Gasteiger charge is 2.38. The van der Waals surface area contributed by atoms with Crippen LogP contribution in [0.5, 0.6) is 0 Å². The number of halogens is 3. The minimum atomic E-state index is -4.60. The van der Waals surface area contributed by atoms with Gasteiger partial charge in [0.2, 0.25) is 5.91 Å². The molecule has 140 valence electrons. The van der Waals surface area contributed by atoms with Crippen molar-refractivity contribution in [3.8, 4) is 0 Å². The molecule has 0 aromatic carbocycles. The fraction of sp³-hybridized carbons (Fsp3) is 0.643. The third kappa shape index (κ3) is 4.59. The van der Waals surface area contributed by atoms with Gasteiger partial charge in [-0.3, -0.25) is 14.3 Å². The van der Waals surface area contributed by atoms with E-state index < -0.39 is 45.5 Å². The summed E-state index contributed by atoms with van der Waals surface area (Å²) >= 11 is 0. The summed E-state index contributed by atoms with van der Waals surface area (Å²) in [5.41, 5.74) is -1.09. The molecule has 0 N–H and O–H groups in total. The van der Waals surface area contributed by atoms with Crippen LogP contribution in [0.25, 0.3) is 0 Å². The van der Waals surface area contributed by atoms with Crippen LogP contribution in [0.2, 0.25) is 0 Å². The van der Waals surface area contributed by atoms with Crippen molar-refractivity contribution in [2.45, 2.75) is 38.0 Å². The Morgan fingerprint density at radius 1 is 1.40 bits per heavy atom. The van der Waals surface area contributed by atoms with Crippen LogP contribution in [0.1, 0.15) is 31.5 Å². The Kier molecular flexibility index (Phi) is 5.26. The highest BCUT2D eigenvalue weighted by molar-refractivity contribution is 7.92. The lowest BCUT2D eigenvalue weighted by Crippen LogP contribution is -2.43. The summed E-state index contributed by atoms with van der Waals surface area (Å²) in [6, 6.07) is -1.06. The summed E-state index contributed by atoms with van der Waals surface area (Å²) in [6.07, 6.45) is 0.0539. The third-order valence-corrected chi connectivity index (χ3v) is 4.40. The Bertz CT molecular complexity index is 787. The summed E-state index contributed by atoms with van der Waals surface area (Å²) in [6.45, 7) is 1.70. The smallest absolute Gasteiger partial charge is 0.329 e. The number of aromatic nitrogens is 2. The van der Waals surface area contributed by atoms with Gasteiger partial charge in [0.15, 0.2) is 5.69 Å². The first kappa shape index (κ1) is 19.4. The molecule has 2 heterocycles. The summed E-state index contributed by atoms with van der Waals surface area (Å²) < 4.78 is 54.1. The van der Waals surface area contributed by atoms with Gasteiger partial charge in [-0.05, 0) is 25.8 Å². The molecule has 0 saturated carbocycles. The Balaban J connectivity index is 2.19. The van der Waals surface area contributed by atoms with Crippen LogP contribution in [0.15, 0.2) is 16.6 Å². The van der Waals surface area contributed by atoms with Gasteiger partial charge >= 0.3 is 6.18 Å². The SMILES string of the molecule is CC(C(=O)N1CCC[C@H]1C(=O)N=S(C)(C)=O)n1ccc(C(F)(F)F)n1. The van der Waals surface area contributed by atoms with Gasteiger partial charge in [-0.25, -0.2) is 4.21 Å². The second-order valence-corrected chi connectivity index (χ2v) is 8.70. The quantitative estimate of drug-likeness (QED) is 0.799. The molecule has 25 heavy (non-hydrogen) atoms. The molecule has 11 heteroatoms. The number of nitrogens with zero attached hydrogens (tertiary/aromatic N) is 4. The molecule has 1 aliphatic rings. The summed E-state index contributed by atoms with van der Waals surface area (Å²) in [7, 11) is -2.65. The van der Waals surface area contributed by atoms with Crippen molar-refractivity contribution < 1.29 is 27.0 Å². The van der Waals surface area contributed by atoms with E-state index in [4.69, 9.17) is 0 Å². The van der Waals surface area contributed by atoms with Gasteiger partial charge in [0.05, 0.1) is 0 Å². The molecule has 0 radical (unpaired) electrons. The lowest BCUT2D eigenvalue weighted by molar-refractivity contribution is -0.143. The maximum atomic E-state index is 12.6. The van der Waals surface area contributed by atoms with Crippen LogP contribution in [0.4, 0.5) is 13.2 Å². The monoisotopic (exact) mass is 380 g/mol. The van der Waals surface area contributed by atoms with Crippen molar-refractivity contribution in [2.24, 2.45) is 4.36 Å². The average molecular weight is 380 g/mol. The molecular weight excluding hydrogens is 361 g/mol. The molecule has 1 saturated heterocycles. The van der Waals surface area contributed by atoms with E-state index in [-0.39, 0.29) is 6.54 Å². The van der Waals surface area contributed by atoms with Crippen LogP contribution < -0.4 is 0 Å². The number of carbonyl (C=O) groups excluding carboxylic acids is 2. The van der Waals surface area contributed by atoms with E-state index in [1.165, 1.54) is 24.3 Å². The van der Waals surface area contributed by atoms with E-state index in [1.807, 2.05) is 0 Å². The number of amides is 2. The number of carbonyl (C=O) groups is 2. The van der Waals surface area contributed by atoms with Crippen molar-refractivity contribution in [3.63, 3.8) is 0 Å². The molecular formula is C14H19F3N4O3S. The molecule has 0 bridgehead atoms. The van der Waals surface area contributed by atoms with E-state index >= 15 is 0 Å². The maximum absolute atomic E-state index is 12.6. The Labute approximate surface area is 143 Å². The Hall–Kier alpha value is -1.91. The van der Waals surface area contributed by atoms with E-state index in [9.17, 15) is 27.0 Å².